The first kappa shape index (κ1) is 16.3. The first-order chi connectivity index (χ1) is 12.3. The normalized spacial score (nSPS) is 20.7. The molecule has 1 aromatic heterocycles. The van der Waals surface area contributed by atoms with Crippen LogP contribution in [0.3, 0.4) is 0 Å². The van der Waals surface area contributed by atoms with Gasteiger partial charge in [0.15, 0.2) is 5.69 Å². The van der Waals surface area contributed by atoms with E-state index in [0.29, 0.717) is 18.3 Å². The zero-order valence-corrected chi connectivity index (χ0v) is 14.5. The van der Waals surface area contributed by atoms with Crippen LogP contribution in [0.1, 0.15) is 41.7 Å². The monoisotopic (exact) mass is 339 g/mol. The van der Waals surface area contributed by atoms with Gasteiger partial charge in [0.1, 0.15) is 0 Å². The van der Waals surface area contributed by atoms with Crippen molar-refractivity contribution >= 4 is 5.91 Å². The van der Waals surface area contributed by atoms with Crippen molar-refractivity contribution in [1.82, 2.24) is 25.2 Å². The van der Waals surface area contributed by atoms with E-state index in [0.717, 1.165) is 18.0 Å². The van der Waals surface area contributed by atoms with Crippen LogP contribution in [0.5, 0.6) is 0 Å². The van der Waals surface area contributed by atoms with Gasteiger partial charge in [0.2, 0.25) is 0 Å². The molecule has 1 aromatic carbocycles. The Balaban J connectivity index is 1.31. The van der Waals surface area contributed by atoms with E-state index in [1.165, 1.54) is 38.8 Å². The van der Waals surface area contributed by atoms with Gasteiger partial charge in [-0.25, -0.2) is 0 Å². The number of nitrogens with one attached hydrogen (secondary N) is 1. The van der Waals surface area contributed by atoms with Crippen molar-refractivity contribution < 1.29 is 4.79 Å². The fourth-order valence-electron chi connectivity index (χ4n) is 3.55. The standard InChI is InChI=1S/C19H25N5O/c25-19(20-11-15-5-2-1-3-6-15)18-14-24(22-21-18)13-17-7-4-10-23(17)12-16-8-9-16/h1-3,5-6,14,16-17H,4,7-13H2,(H,20,25)/t17-/m0/s1. The number of nitrogens with zero attached hydrogens (tertiary/aromatic N) is 4. The lowest BCUT2D eigenvalue weighted by molar-refractivity contribution is 0.0946. The summed E-state index contributed by atoms with van der Waals surface area (Å²) in [6.07, 6.45) is 7.02. The molecular weight excluding hydrogens is 314 g/mol. The maximum Gasteiger partial charge on any atom is 0.273 e. The summed E-state index contributed by atoms with van der Waals surface area (Å²) in [5.74, 6) is 0.743. The molecule has 2 aliphatic rings. The number of hydrogen-bond acceptors (Lipinski definition) is 4. The van der Waals surface area contributed by atoms with Crippen LogP contribution in [-0.4, -0.2) is 44.9 Å². The second kappa shape index (κ2) is 7.35. The van der Waals surface area contributed by atoms with Crippen LogP contribution in [0.2, 0.25) is 0 Å². The molecule has 25 heavy (non-hydrogen) atoms. The second-order valence-corrected chi connectivity index (χ2v) is 7.23. The van der Waals surface area contributed by atoms with Crippen LogP contribution in [0.4, 0.5) is 0 Å². The van der Waals surface area contributed by atoms with Crippen molar-refractivity contribution in [2.24, 2.45) is 5.92 Å². The highest BCUT2D eigenvalue weighted by molar-refractivity contribution is 5.91. The molecule has 6 heteroatoms. The lowest BCUT2D eigenvalue weighted by atomic mass is 10.2. The summed E-state index contributed by atoms with van der Waals surface area (Å²) < 4.78 is 1.83. The average molecular weight is 339 g/mol. The Labute approximate surface area is 148 Å². The summed E-state index contributed by atoms with van der Waals surface area (Å²) in [7, 11) is 0. The van der Waals surface area contributed by atoms with Gasteiger partial charge in [-0.1, -0.05) is 35.5 Å². The molecule has 2 aromatic rings. The highest BCUT2D eigenvalue weighted by Crippen LogP contribution is 2.32. The van der Waals surface area contributed by atoms with E-state index >= 15 is 0 Å². The molecule has 1 atom stereocenters. The smallest absolute Gasteiger partial charge is 0.273 e. The molecule has 6 nitrogen and oxygen atoms in total. The minimum atomic E-state index is -0.170. The third kappa shape index (κ3) is 4.25. The van der Waals surface area contributed by atoms with Gasteiger partial charge >= 0.3 is 0 Å². The molecular formula is C19H25N5O. The van der Waals surface area contributed by atoms with Crippen LogP contribution in [-0.2, 0) is 13.1 Å². The number of benzene rings is 1. The Kier molecular flexibility index (Phi) is 4.78. The van der Waals surface area contributed by atoms with Gasteiger partial charge in [-0.2, -0.15) is 0 Å². The molecule has 0 unspecified atom stereocenters. The second-order valence-electron chi connectivity index (χ2n) is 7.23. The van der Waals surface area contributed by atoms with Gasteiger partial charge in [-0.15, -0.1) is 5.10 Å². The molecule has 4 rings (SSSR count). The fraction of sp³-hybridized carbons (Fsp3) is 0.526. The molecule has 0 spiro atoms. The Morgan fingerprint density at radius 3 is 2.80 bits per heavy atom. The summed E-state index contributed by atoms with van der Waals surface area (Å²) in [4.78, 5) is 14.8. The maximum absolute atomic E-state index is 12.2. The van der Waals surface area contributed by atoms with E-state index in [4.69, 9.17) is 0 Å². The highest BCUT2D eigenvalue weighted by atomic mass is 16.2. The largest absolute Gasteiger partial charge is 0.347 e. The number of carbonyl (C=O) groups is 1. The van der Waals surface area contributed by atoms with Gasteiger partial charge in [-0.3, -0.25) is 14.4 Å². The summed E-state index contributed by atoms with van der Waals surface area (Å²) in [5.41, 5.74) is 1.47. The Hall–Kier alpha value is -2.21. The van der Waals surface area contributed by atoms with Crippen LogP contribution in [0.15, 0.2) is 36.5 Å². The number of rotatable bonds is 7. The van der Waals surface area contributed by atoms with Crippen LogP contribution < -0.4 is 5.32 Å². The molecule has 1 saturated carbocycles. The summed E-state index contributed by atoms with van der Waals surface area (Å²) in [5, 5.41) is 11.1. The zero-order chi connectivity index (χ0) is 17.1. The molecule has 132 valence electrons. The lowest BCUT2D eigenvalue weighted by Gasteiger charge is -2.23. The number of aromatic nitrogens is 3. The Morgan fingerprint density at radius 1 is 1.16 bits per heavy atom. The van der Waals surface area contributed by atoms with Gasteiger partial charge < -0.3 is 5.32 Å². The molecule has 1 saturated heterocycles. The SMILES string of the molecule is O=C(NCc1ccccc1)c1cn(C[C@@H]2CCCN2CC2CC2)nn1. The molecule has 1 amide bonds. The van der Waals surface area contributed by atoms with E-state index in [-0.39, 0.29) is 5.91 Å². The van der Waals surface area contributed by atoms with Crippen molar-refractivity contribution in [2.75, 3.05) is 13.1 Å². The lowest BCUT2D eigenvalue weighted by Crippen LogP contribution is -2.34. The first-order valence-corrected chi connectivity index (χ1v) is 9.24. The minimum Gasteiger partial charge on any atom is -0.347 e. The fourth-order valence-corrected chi connectivity index (χ4v) is 3.55. The predicted molar refractivity (Wildman–Crippen MR) is 95.0 cm³/mol. The van der Waals surface area contributed by atoms with Gasteiger partial charge in [-0.05, 0) is 43.7 Å². The third-order valence-corrected chi connectivity index (χ3v) is 5.15. The molecule has 1 N–H and O–H groups in total. The average Bonchev–Trinajstić information content (AvgIpc) is 3.15. The molecule has 2 fully saturated rings. The van der Waals surface area contributed by atoms with Crippen molar-refractivity contribution in [3.63, 3.8) is 0 Å². The summed E-state index contributed by atoms with van der Waals surface area (Å²) in [6, 6.07) is 10.4. The number of amides is 1. The quantitative estimate of drug-likeness (QED) is 0.839. The van der Waals surface area contributed by atoms with Crippen LogP contribution >= 0.6 is 0 Å². The van der Waals surface area contributed by atoms with E-state index in [2.05, 4.69) is 20.5 Å². The molecule has 0 radical (unpaired) electrons. The third-order valence-electron chi connectivity index (χ3n) is 5.15. The van der Waals surface area contributed by atoms with Crippen molar-refractivity contribution in [3.05, 3.63) is 47.8 Å². The number of likely N-dealkylation sites (tertiary alicyclic amines) is 1. The topological polar surface area (TPSA) is 63.1 Å². The first-order valence-electron chi connectivity index (χ1n) is 9.24. The molecule has 0 bridgehead atoms. The summed E-state index contributed by atoms with van der Waals surface area (Å²) >= 11 is 0. The number of carbonyl (C=O) groups excluding carboxylic acids is 1. The minimum absolute atomic E-state index is 0.170. The van der Waals surface area contributed by atoms with E-state index in [9.17, 15) is 4.79 Å². The Bertz CT molecular complexity index is 710. The molecule has 1 aliphatic carbocycles. The van der Waals surface area contributed by atoms with Crippen LogP contribution in [0, 0.1) is 5.92 Å². The highest BCUT2D eigenvalue weighted by Gasteiger charge is 2.31. The predicted octanol–water partition coefficient (Wildman–Crippen LogP) is 2.08. The van der Waals surface area contributed by atoms with Gasteiger partial charge in [0, 0.05) is 19.1 Å². The zero-order valence-electron chi connectivity index (χ0n) is 14.5. The molecule has 2 heterocycles. The summed E-state index contributed by atoms with van der Waals surface area (Å²) in [6.45, 7) is 3.75. The van der Waals surface area contributed by atoms with E-state index in [1.54, 1.807) is 6.20 Å². The van der Waals surface area contributed by atoms with E-state index in [1.807, 2.05) is 35.0 Å². The van der Waals surface area contributed by atoms with Crippen molar-refractivity contribution in [2.45, 2.75) is 44.8 Å². The molecule has 1 aliphatic heterocycles. The van der Waals surface area contributed by atoms with Crippen molar-refractivity contribution in [3.8, 4) is 0 Å². The van der Waals surface area contributed by atoms with Crippen molar-refractivity contribution in [1.29, 1.82) is 0 Å². The van der Waals surface area contributed by atoms with Gasteiger partial charge in [0.25, 0.3) is 5.91 Å². The maximum atomic E-state index is 12.2. The Morgan fingerprint density at radius 2 is 2.00 bits per heavy atom. The number of hydrogen-bond donors (Lipinski definition) is 1. The van der Waals surface area contributed by atoms with E-state index < -0.39 is 0 Å². The van der Waals surface area contributed by atoms with Crippen LogP contribution in [0.25, 0.3) is 0 Å². The van der Waals surface area contributed by atoms with Gasteiger partial charge in [0.05, 0.1) is 12.7 Å².